The molecule has 0 radical (unpaired) electrons. The Kier molecular flexibility index (Phi) is 9.73. The van der Waals surface area contributed by atoms with E-state index in [2.05, 4.69) is 51.6 Å². The SMILES string of the molecule is C=Cc1ccccc1C[PH](CCCC)(CCCC)CCCC. The summed E-state index contributed by atoms with van der Waals surface area (Å²) in [6.07, 6.45) is 16.3. The van der Waals surface area contributed by atoms with Crippen LogP contribution in [0.15, 0.2) is 30.8 Å². The summed E-state index contributed by atoms with van der Waals surface area (Å²) in [5, 5.41) is 0. The summed E-state index contributed by atoms with van der Waals surface area (Å²) >= 11 is 0. The minimum atomic E-state index is -1.19. The molecule has 22 heavy (non-hydrogen) atoms. The van der Waals surface area contributed by atoms with Crippen LogP contribution >= 0.6 is 7.26 Å². The van der Waals surface area contributed by atoms with Crippen LogP contribution in [0, 0.1) is 0 Å². The Morgan fingerprint density at radius 1 is 0.864 bits per heavy atom. The van der Waals surface area contributed by atoms with Crippen LogP contribution in [-0.4, -0.2) is 18.5 Å². The second-order valence-corrected chi connectivity index (χ2v) is 11.7. The molecular formula is C21H37P. The summed E-state index contributed by atoms with van der Waals surface area (Å²) in [7, 11) is -1.19. The number of hydrogen-bond donors (Lipinski definition) is 0. The maximum absolute atomic E-state index is 4.02. The van der Waals surface area contributed by atoms with Crippen molar-refractivity contribution in [1.29, 1.82) is 0 Å². The van der Waals surface area contributed by atoms with E-state index in [9.17, 15) is 0 Å². The topological polar surface area (TPSA) is 0 Å². The molecule has 0 aliphatic carbocycles. The van der Waals surface area contributed by atoms with Gasteiger partial charge in [0.25, 0.3) is 0 Å². The van der Waals surface area contributed by atoms with Crippen molar-refractivity contribution in [3.63, 3.8) is 0 Å². The molecule has 0 spiro atoms. The molecule has 1 aromatic carbocycles. The van der Waals surface area contributed by atoms with Gasteiger partial charge in [-0.05, 0) is 0 Å². The van der Waals surface area contributed by atoms with E-state index in [1.165, 1.54) is 68.7 Å². The monoisotopic (exact) mass is 320 g/mol. The first kappa shape index (κ1) is 19.4. The second kappa shape index (κ2) is 11.0. The number of unbranched alkanes of at least 4 members (excludes halogenated alkanes) is 3. The van der Waals surface area contributed by atoms with Crippen LogP contribution in [0.1, 0.15) is 70.4 Å². The van der Waals surface area contributed by atoms with Crippen LogP contribution in [0.3, 0.4) is 0 Å². The van der Waals surface area contributed by atoms with Gasteiger partial charge >= 0.3 is 139 Å². The molecule has 0 unspecified atom stereocenters. The van der Waals surface area contributed by atoms with Gasteiger partial charge in [-0.2, -0.15) is 0 Å². The first-order valence-electron chi connectivity index (χ1n) is 9.41. The van der Waals surface area contributed by atoms with Gasteiger partial charge in [-0.15, -0.1) is 0 Å². The normalized spacial score (nSPS) is 12.3. The summed E-state index contributed by atoms with van der Waals surface area (Å²) in [6, 6.07) is 8.94. The molecule has 0 aliphatic rings. The van der Waals surface area contributed by atoms with Gasteiger partial charge in [-0.25, -0.2) is 0 Å². The quantitative estimate of drug-likeness (QED) is 0.364. The zero-order valence-electron chi connectivity index (χ0n) is 15.2. The third-order valence-corrected chi connectivity index (χ3v) is 10.4. The maximum atomic E-state index is 4.02. The molecule has 0 bridgehead atoms. The van der Waals surface area contributed by atoms with E-state index < -0.39 is 7.26 Å². The van der Waals surface area contributed by atoms with E-state index in [0.717, 1.165) is 0 Å². The number of hydrogen-bond acceptors (Lipinski definition) is 0. The molecule has 1 aromatic rings. The molecule has 0 saturated carbocycles. The second-order valence-electron chi connectivity index (χ2n) is 6.89. The fourth-order valence-electron chi connectivity index (χ4n) is 3.59. The Bertz CT molecular complexity index is 400. The molecular weight excluding hydrogens is 283 g/mol. The molecule has 126 valence electrons. The average Bonchev–Trinajstić information content (AvgIpc) is 2.56. The molecule has 0 aliphatic heterocycles. The molecule has 0 atom stereocenters. The molecule has 1 heteroatoms. The van der Waals surface area contributed by atoms with E-state index in [4.69, 9.17) is 0 Å². The first-order chi connectivity index (χ1) is 10.7. The predicted octanol–water partition coefficient (Wildman–Crippen LogP) is 6.98. The summed E-state index contributed by atoms with van der Waals surface area (Å²) in [5.74, 6) is 0. The molecule has 0 amide bonds. The fraction of sp³-hybridized carbons (Fsp3) is 0.619. The minimum absolute atomic E-state index is 1.19. The number of rotatable bonds is 12. The molecule has 0 saturated heterocycles. The van der Waals surface area contributed by atoms with Gasteiger partial charge in [0.1, 0.15) is 0 Å². The van der Waals surface area contributed by atoms with Gasteiger partial charge in [-0.3, -0.25) is 0 Å². The molecule has 0 nitrogen and oxygen atoms in total. The first-order valence-corrected chi connectivity index (χ1v) is 12.2. The van der Waals surface area contributed by atoms with Crippen molar-refractivity contribution in [2.24, 2.45) is 0 Å². The standard InChI is InChI=1S/C21H37P/c1-5-9-16-22(17-10-6-2,18-11-7-3)19-21-15-13-12-14-20(21)8-4/h8,12-15,22H,4-7,9-11,16-19H2,1-3H3. The predicted molar refractivity (Wildman–Crippen MR) is 108 cm³/mol. The third-order valence-electron chi connectivity index (χ3n) is 5.02. The Hall–Kier alpha value is -0.610. The van der Waals surface area contributed by atoms with E-state index in [1.807, 2.05) is 6.08 Å². The fourth-order valence-corrected chi connectivity index (χ4v) is 9.31. The summed E-state index contributed by atoms with van der Waals surface area (Å²) in [4.78, 5) is 0. The van der Waals surface area contributed by atoms with E-state index >= 15 is 0 Å². The van der Waals surface area contributed by atoms with Crippen molar-refractivity contribution in [2.75, 3.05) is 18.5 Å². The Labute approximate surface area is 139 Å². The molecule has 0 aromatic heterocycles. The average molecular weight is 321 g/mol. The van der Waals surface area contributed by atoms with Gasteiger partial charge in [0, 0.05) is 0 Å². The van der Waals surface area contributed by atoms with Crippen LogP contribution in [0.5, 0.6) is 0 Å². The van der Waals surface area contributed by atoms with Gasteiger partial charge in [0.05, 0.1) is 0 Å². The molecule has 1 rings (SSSR count). The van der Waals surface area contributed by atoms with Gasteiger partial charge in [0.15, 0.2) is 0 Å². The summed E-state index contributed by atoms with van der Waals surface area (Å²) in [5.41, 5.74) is 2.93. The zero-order chi connectivity index (χ0) is 16.3. The van der Waals surface area contributed by atoms with Crippen molar-refractivity contribution in [1.82, 2.24) is 0 Å². The Balaban J connectivity index is 3.00. The van der Waals surface area contributed by atoms with E-state index in [-0.39, 0.29) is 0 Å². The van der Waals surface area contributed by atoms with Crippen LogP contribution < -0.4 is 0 Å². The molecule has 0 heterocycles. The van der Waals surface area contributed by atoms with Crippen LogP contribution in [0.25, 0.3) is 6.08 Å². The van der Waals surface area contributed by atoms with E-state index in [1.54, 1.807) is 5.56 Å². The Morgan fingerprint density at radius 3 is 1.82 bits per heavy atom. The summed E-state index contributed by atoms with van der Waals surface area (Å²) in [6.45, 7) is 11.1. The Morgan fingerprint density at radius 2 is 1.36 bits per heavy atom. The molecule has 0 fully saturated rings. The van der Waals surface area contributed by atoms with Gasteiger partial charge < -0.3 is 0 Å². The van der Waals surface area contributed by atoms with Crippen molar-refractivity contribution in [2.45, 2.75) is 65.5 Å². The molecule has 0 N–H and O–H groups in total. The van der Waals surface area contributed by atoms with Crippen molar-refractivity contribution < 1.29 is 0 Å². The van der Waals surface area contributed by atoms with Crippen molar-refractivity contribution in [3.8, 4) is 0 Å². The van der Waals surface area contributed by atoms with Gasteiger partial charge in [-0.1, -0.05) is 0 Å². The van der Waals surface area contributed by atoms with Crippen LogP contribution in [0.4, 0.5) is 0 Å². The summed E-state index contributed by atoms with van der Waals surface area (Å²) < 4.78 is 0. The van der Waals surface area contributed by atoms with Crippen molar-refractivity contribution >= 4 is 13.3 Å². The number of benzene rings is 1. The van der Waals surface area contributed by atoms with Crippen LogP contribution in [-0.2, 0) is 6.16 Å². The van der Waals surface area contributed by atoms with Crippen molar-refractivity contribution in [3.05, 3.63) is 42.0 Å². The van der Waals surface area contributed by atoms with Crippen LogP contribution in [0.2, 0.25) is 0 Å². The zero-order valence-corrected chi connectivity index (χ0v) is 16.2. The van der Waals surface area contributed by atoms with Gasteiger partial charge in [0.2, 0.25) is 0 Å². The van der Waals surface area contributed by atoms with E-state index in [0.29, 0.717) is 0 Å². The third kappa shape index (κ3) is 6.25.